The Labute approximate surface area is 239 Å². The van der Waals surface area contributed by atoms with Crippen molar-refractivity contribution in [3.63, 3.8) is 0 Å². The van der Waals surface area contributed by atoms with Gasteiger partial charge in [0.15, 0.2) is 5.78 Å². The maximum atomic E-state index is 14.1. The van der Waals surface area contributed by atoms with Crippen LogP contribution in [-0.4, -0.2) is 34.0 Å². The molecule has 0 aliphatic heterocycles. The Bertz CT molecular complexity index is 1630. The first kappa shape index (κ1) is 29.3. The van der Waals surface area contributed by atoms with Crippen molar-refractivity contribution in [1.29, 1.82) is 0 Å². The highest BCUT2D eigenvalue weighted by atomic mass is 16.5. The number of hydrogen-bond donors (Lipinski definition) is 2. The molecule has 9 heteroatoms. The number of ketones is 2. The van der Waals surface area contributed by atoms with Gasteiger partial charge in [-0.2, -0.15) is 0 Å². The van der Waals surface area contributed by atoms with Crippen LogP contribution in [0.4, 0.5) is 5.82 Å². The van der Waals surface area contributed by atoms with E-state index < -0.39 is 16.7 Å². The van der Waals surface area contributed by atoms with Gasteiger partial charge in [0.05, 0.1) is 24.0 Å². The number of pyridine rings is 2. The molecule has 41 heavy (non-hydrogen) atoms. The van der Waals surface area contributed by atoms with Crippen LogP contribution in [0.5, 0.6) is 11.5 Å². The zero-order valence-electron chi connectivity index (χ0n) is 24.3. The molecule has 0 saturated heterocycles. The van der Waals surface area contributed by atoms with Gasteiger partial charge in [0.2, 0.25) is 11.7 Å². The molecule has 0 radical (unpaired) electrons. The molecule has 4 aromatic rings. The summed E-state index contributed by atoms with van der Waals surface area (Å²) in [5.74, 6) is 0.457. The molecule has 1 aromatic carbocycles. The van der Waals surface area contributed by atoms with Crippen molar-refractivity contribution in [2.75, 3.05) is 12.8 Å². The smallest absolute Gasteiger partial charge is 0.223 e. The van der Waals surface area contributed by atoms with Gasteiger partial charge < -0.3 is 25.3 Å². The number of fused-ring (bicyclic) bond motifs is 1. The van der Waals surface area contributed by atoms with Crippen LogP contribution in [0.2, 0.25) is 0 Å². The van der Waals surface area contributed by atoms with Gasteiger partial charge >= 0.3 is 0 Å². The summed E-state index contributed by atoms with van der Waals surface area (Å²) in [6, 6.07) is 15.5. The molecule has 4 N–H and O–H groups in total. The lowest BCUT2D eigenvalue weighted by Gasteiger charge is -2.23. The van der Waals surface area contributed by atoms with Gasteiger partial charge in [0.25, 0.3) is 0 Å². The summed E-state index contributed by atoms with van der Waals surface area (Å²) in [6.07, 6.45) is 1.79. The zero-order chi connectivity index (χ0) is 30.1. The molecule has 0 bridgehead atoms. The van der Waals surface area contributed by atoms with E-state index in [4.69, 9.17) is 20.9 Å². The SMILES string of the molecule is COc1ccc(C(=O)c2c(CC(C)(C)C(N)=O)c(C(=O)C(C)(C)C)c3cc(OCc4cccc(N)n4)ccn23)cc1. The number of Topliss-reactive ketones (excluding diaryl/α,β-unsaturated/α-hetero) is 1. The summed E-state index contributed by atoms with van der Waals surface area (Å²) in [5, 5.41) is 0. The van der Waals surface area contributed by atoms with Crippen LogP contribution in [0.25, 0.3) is 5.52 Å². The topological polar surface area (TPSA) is 139 Å². The second kappa shape index (κ2) is 11.1. The van der Waals surface area contributed by atoms with E-state index in [1.165, 1.54) is 0 Å². The van der Waals surface area contributed by atoms with E-state index in [-0.39, 0.29) is 30.3 Å². The number of nitrogen functional groups attached to an aromatic ring is 1. The Morgan fingerprint density at radius 3 is 2.22 bits per heavy atom. The number of carbonyl (C=O) groups excluding carboxylic acids is 3. The van der Waals surface area contributed by atoms with Crippen LogP contribution in [0.15, 0.2) is 60.8 Å². The Balaban J connectivity index is 1.95. The third-order valence-corrected chi connectivity index (χ3v) is 6.99. The van der Waals surface area contributed by atoms with E-state index in [1.54, 1.807) is 86.2 Å². The highest BCUT2D eigenvalue weighted by Crippen LogP contribution is 2.37. The number of primary amides is 1. The Hall–Kier alpha value is -4.66. The number of hydrogen-bond acceptors (Lipinski definition) is 7. The van der Waals surface area contributed by atoms with Gasteiger partial charge in [0.1, 0.15) is 23.9 Å². The normalized spacial score (nSPS) is 11.9. The van der Waals surface area contributed by atoms with Crippen LogP contribution in [0.1, 0.15) is 72.3 Å². The first-order valence-electron chi connectivity index (χ1n) is 13.3. The van der Waals surface area contributed by atoms with Crippen LogP contribution in [0, 0.1) is 10.8 Å². The van der Waals surface area contributed by atoms with E-state index in [0.717, 1.165) is 0 Å². The molecule has 0 unspecified atom stereocenters. The second-order valence-corrected chi connectivity index (χ2v) is 11.7. The number of nitrogens with zero attached hydrogens (tertiary/aromatic N) is 2. The number of aromatic nitrogens is 2. The fraction of sp³-hybridized carbons (Fsp3) is 0.312. The molecule has 4 rings (SSSR count). The van der Waals surface area contributed by atoms with Gasteiger partial charge in [-0.3, -0.25) is 14.4 Å². The average molecular weight is 557 g/mol. The standard InChI is InChI=1S/C32H36N4O5/c1-31(2,3)29(38)26-23(17-32(4,5)30(34)39)27(28(37)19-10-12-21(40-6)13-11-19)36-15-14-22(16-24(26)36)41-18-20-8-7-9-25(33)35-20/h7-16H,17-18H2,1-6H3,(H2,33,35)(H2,34,39). The lowest BCUT2D eigenvalue weighted by atomic mass is 9.79. The van der Waals surface area contributed by atoms with Crippen molar-refractivity contribution in [3.8, 4) is 11.5 Å². The molecule has 214 valence electrons. The van der Waals surface area contributed by atoms with Crippen molar-refractivity contribution in [2.24, 2.45) is 16.6 Å². The molecule has 0 aliphatic carbocycles. The first-order chi connectivity index (χ1) is 19.2. The summed E-state index contributed by atoms with van der Waals surface area (Å²) in [4.78, 5) is 44.8. The molecule has 0 spiro atoms. The van der Waals surface area contributed by atoms with Crippen molar-refractivity contribution in [2.45, 2.75) is 47.6 Å². The predicted molar refractivity (Wildman–Crippen MR) is 157 cm³/mol. The molecular weight excluding hydrogens is 520 g/mol. The summed E-state index contributed by atoms with van der Waals surface area (Å²) >= 11 is 0. The minimum Gasteiger partial charge on any atom is -0.497 e. The van der Waals surface area contributed by atoms with Crippen molar-refractivity contribution in [1.82, 2.24) is 9.38 Å². The van der Waals surface area contributed by atoms with Crippen LogP contribution < -0.4 is 20.9 Å². The molecule has 1 amide bonds. The molecule has 0 fully saturated rings. The molecule has 3 heterocycles. The van der Waals surface area contributed by atoms with Crippen LogP contribution in [0.3, 0.4) is 0 Å². The predicted octanol–water partition coefficient (Wildman–Crippen LogP) is 5.02. The number of methoxy groups -OCH3 is 1. The minimum absolute atomic E-state index is 0.0851. The maximum Gasteiger partial charge on any atom is 0.223 e. The Morgan fingerprint density at radius 2 is 1.63 bits per heavy atom. The van der Waals surface area contributed by atoms with E-state index in [1.807, 2.05) is 20.8 Å². The average Bonchev–Trinajstić information content (AvgIpc) is 3.22. The minimum atomic E-state index is -1.04. The van der Waals surface area contributed by atoms with Crippen LogP contribution in [-0.2, 0) is 17.8 Å². The largest absolute Gasteiger partial charge is 0.497 e. The number of carbonyl (C=O) groups is 3. The van der Waals surface area contributed by atoms with Gasteiger partial charge in [-0.1, -0.05) is 40.7 Å². The summed E-state index contributed by atoms with van der Waals surface area (Å²) < 4.78 is 13.0. The maximum absolute atomic E-state index is 14.1. The molecule has 9 nitrogen and oxygen atoms in total. The molecule has 0 aliphatic rings. The van der Waals surface area contributed by atoms with Crippen molar-refractivity contribution < 1.29 is 23.9 Å². The lowest BCUT2D eigenvalue weighted by molar-refractivity contribution is -0.125. The summed E-state index contributed by atoms with van der Waals surface area (Å²) in [7, 11) is 1.55. The first-order valence-corrected chi connectivity index (χ1v) is 13.3. The third kappa shape index (κ3) is 6.09. The van der Waals surface area contributed by atoms with Gasteiger partial charge in [-0.15, -0.1) is 0 Å². The third-order valence-electron chi connectivity index (χ3n) is 6.99. The lowest BCUT2D eigenvalue weighted by Crippen LogP contribution is -2.34. The highest BCUT2D eigenvalue weighted by molar-refractivity contribution is 6.15. The summed E-state index contributed by atoms with van der Waals surface area (Å²) in [5.41, 5.74) is 12.4. The quantitative estimate of drug-likeness (QED) is 0.262. The van der Waals surface area contributed by atoms with Gasteiger partial charge in [-0.25, -0.2) is 4.98 Å². The van der Waals surface area contributed by atoms with E-state index in [9.17, 15) is 14.4 Å². The Morgan fingerprint density at radius 1 is 0.951 bits per heavy atom. The van der Waals surface area contributed by atoms with Crippen LogP contribution >= 0.6 is 0 Å². The fourth-order valence-corrected chi connectivity index (χ4v) is 4.57. The molecular formula is C32H36N4O5. The van der Waals surface area contributed by atoms with E-state index >= 15 is 0 Å². The fourth-order valence-electron chi connectivity index (χ4n) is 4.57. The number of amides is 1. The number of rotatable bonds is 10. The van der Waals surface area contributed by atoms with Gasteiger partial charge in [0, 0.05) is 34.2 Å². The molecule has 0 saturated carbocycles. The van der Waals surface area contributed by atoms with Gasteiger partial charge in [-0.05, 0) is 54.4 Å². The highest BCUT2D eigenvalue weighted by Gasteiger charge is 2.37. The van der Waals surface area contributed by atoms with Crippen molar-refractivity contribution in [3.05, 3.63) is 88.9 Å². The number of anilines is 1. The zero-order valence-corrected chi connectivity index (χ0v) is 24.3. The number of nitrogens with two attached hydrogens (primary N) is 2. The van der Waals surface area contributed by atoms with Crippen molar-refractivity contribution >= 4 is 28.8 Å². The monoisotopic (exact) mass is 556 g/mol. The second-order valence-electron chi connectivity index (χ2n) is 11.7. The molecule has 3 aromatic heterocycles. The summed E-state index contributed by atoms with van der Waals surface area (Å²) in [6.45, 7) is 9.02. The molecule has 0 atom stereocenters. The number of ether oxygens (including phenoxy) is 2. The number of benzene rings is 1. The Kier molecular flexibility index (Phi) is 7.92. The van der Waals surface area contributed by atoms with E-state index in [0.29, 0.717) is 45.2 Å². The van der Waals surface area contributed by atoms with E-state index in [2.05, 4.69) is 4.98 Å².